The third-order valence-electron chi connectivity index (χ3n) is 4.36. The fraction of sp³-hybridized carbons (Fsp3) is 0.190. The van der Waals surface area contributed by atoms with Crippen LogP contribution in [0.3, 0.4) is 0 Å². The van der Waals surface area contributed by atoms with Gasteiger partial charge < -0.3 is 20.5 Å². The number of anilines is 2. The molecule has 1 unspecified atom stereocenters. The van der Waals surface area contributed by atoms with E-state index in [0.29, 0.717) is 41.8 Å². The number of fused-ring (bicyclic) bond motifs is 1. The predicted octanol–water partition coefficient (Wildman–Crippen LogP) is 4.08. The van der Waals surface area contributed by atoms with Crippen molar-refractivity contribution >= 4 is 34.7 Å². The molecule has 0 fully saturated rings. The molecule has 1 atom stereocenters. The SMILES string of the molecule is CCC(Cc1ncc(O)c2cc(NC(=O)Nc3ccccc3)ccc12)OC=O. The lowest BCUT2D eigenvalue weighted by Gasteiger charge is -2.15. The number of pyridine rings is 1. The van der Waals surface area contributed by atoms with Crippen LogP contribution in [-0.2, 0) is 16.0 Å². The Hall–Kier alpha value is -3.61. The van der Waals surface area contributed by atoms with E-state index in [-0.39, 0.29) is 17.9 Å². The Morgan fingerprint density at radius 2 is 1.89 bits per heavy atom. The first-order chi connectivity index (χ1) is 13.6. The van der Waals surface area contributed by atoms with E-state index in [1.54, 1.807) is 30.3 Å². The Balaban J connectivity index is 1.81. The van der Waals surface area contributed by atoms with E-state index in [2.05, 4.69) is 15.6 Å². The van der Waals surface area contributed by atoms with Gasteiger partial charge in [0.25, 0.3) is 6.47 Å². The number of rotatable bonds is 7. The average molecular weight is 379 g/mol. The molecule has 7 nitrogen and oxygen atoms in total. The zero-order valence-corrected chi connectivity index (χ0v) is 15.4. The maximum absolute atomic E-state index is 12.2. The van der Waals surface area contributed by atoms with Gasteiger partial charge in [-0.25, -0.2) is 4.79 Å². The number of nitrogens with one attached hydrogen (secondary N) is 2. The third kappa shape index (κ3) is 4.56. The fourth-order valence-corrected chi connectivity index (χ4v) is 2.92. The second kappa shape index (κ2) is 8.85. The summed E-state index contributed by atoms with van der Waals surface area (Å²) < 4.78 is 5.06. The van der Waals surface area contributed by atoms with Crippen LogP contribution in [0.25, 0.3) is 10.8 Å². The number of para-hydroxylation sites is 1. The number of nitrogens with zero attached hydrogens (tertiary/aromatic N) is 1. The molecule has 144 valence electrons. The lowest BCUT2D eigenvalue weighted by molar-refractivity contribution is -0.133. The van der Waals surface area contributed by atoms with Crippen LogP contribution in [0.5, 0.6) is 5.75 Å². The smallest absolute Gasteiger partial charge is 0.323 e. The molecule has 3 aromatic rings. The van der Waals surface area contributed by atoms with Crippen molar-refractivity contribution in [3.63, 3.8) is 0 Å². The molecule has 0 aliphatic carbocycles. The monoisotopic (exact) mass is 379 g/mol. The maximum atomic E-state index is 12.2. The molecule has 0 spiro atoms. The summed E-state index contributed by atoms with van der Waals surface area (Å²) in [5.41, 5.74) is 1.92. The number of benzene rings is 2. The molecule has 0 aliphatic heterocycles. The van der Waals surface area contributed by atoms with Crippen molar-refractivity contribution in [1.82, 2.24) is 4.98 Å². The zero-order valence-electron chi connectivity index (χ0n) is 15.4. The normalized spacial score (nSPS) is 11.6. The molecule has 28 heavy (non-hydrogen) atoms. The highest BCUT2D eigenvalue weighted by Crippen LogP contribution is 2.29. The average Bonchev–Trinajstić information content (AvgIpc) is 2.70. The van der Waals surface area contributed by atoms with Crippen LogP contribution in [0.4, 0.5) is 16.2 Å². The van der Waals surface area contributed by atoms with Gasteiger partial charge in [0.1, 0.15) is 11.9 Å². The van der Waals surface area contributed by atoms with Crippen molar-refractivity contribution in [2.24, 2.45) is 0 Å². The molecule has 7 heteroatoms. The number of amides is 2. The molecule has 0 aliphatic rings. The second-order valence-electron chi connectivity index (χ2n) is 6.26. The Morgan fingerprint density at radius 3 is 2.61 bits per heavy atom. The minimum Gasteiger partial charge on any atom is -0.506 e. The quantitative estimate of drug-likeness (QED) is 0.537. The molecule has 0 bridgehead atoms. The van der Waals surface area contributed by atoms with Crippen LogP contribution in [0.2, 0.25) is 0 Å². The summed E-state index contributed by atoms with van der Waals surface area (Å²) in [6.45, 7) is 2.36. The van der Waals surface area contributed by atoms with Crippen molar-refractivity contribution in [2.45, 2.75) is 25.9 Å². The molecule has 3 N–H and O–H groups in total. The third-order valence-corrected chi connectivity index (χ3v) is 4.36. The Bertz CT molecular complexity index is 976. The van der Waals surface area contributed by atoms with Crippen LogP contribution in [-0.4, -0.2) is 28.7 Å². The molecule has 0 saturated carbocycles. The molecular weight excluding hydrogens is 358 g/mol. The van der Waals surface area contributed by atoms with Crippen molar-refractivity contribution in [2.75, 3.05) is 10.6 Å². The Morgan fingerprint density at radius 1 is 1.14 bits per heavy atom. The van der Waals surface area contributed by atoms with Crippen LogP contribution in [0, 0.1) is 0 Å². The molecule has 1 heterocycles. The summed E-state index contributed by atoms with van der Waals surface area (Å²) in [6, 6.07) is 13.9. The van der Waals surface area contributed by atoms with Gasteiger partial charge in [-0.3, -0.25) is 9.78 Å². The van der Waals surface area contributed by atoms with E-state index in [1.165, 1.54) is 6.20 Å². The molecule has 3 rings (SSSR count). The first kappa shape index (κ1) is 19.2. The van der Waals surface area contributed by atoms with E-state index < -0.39 is 0 Å². The molecule has 2 amide bonds. The highest BCUT2D eigenvalue weighted by atomic mass is 16.5. The van der Waals surface area contributed by atoms with Gasteiger partial charge in [0.05, 0.1) is 11.9 Å². The van der Waals surface area contributed by atoms with Crippen LogP contribution >= 0.6 is 0 Å². The lowest BCUT2D eigenvalue weighted by atomic mass is 10.0. The second-order valence-corrected chi connectivity index (χ2v) is 6.26. The Labute approximate surface area is 162 Å². The molecular formula is C21H21N3O4. The number of aromatic hydroxyl groups is 1. The van der Waals surface area contributed by atoms with Gasteiger partial charge in [0.15, 0.2) is 0 Å². The predicted molar refractivity (Wildman–Crippen MR) is 107 cm³/mol. The van der Waals surface area contributed by atoms with Crippen molar-refractivity contribution in [3.8, 4) is 5.75 Å². The van der Waals surface area contributed by atoms with Gasteiger partial charge in [-0.15, -0.1) is 0 Å². The summed E-state index contributed by atoms with van der Waals surface area (Å²) in [4.78, 5) is 27.1. The van der Waals surface area contributed by atoms with E-state index >= 15 is 0 Å². The van der Waals surface area contributed by atoms with Gasteiger partial charge in [-0.1, -0.05) is 31.2 Å². The molecule has 1 aromatic heterocycles. The summed E-state index contributed by atoms with van der Waals surface area (Å²) >= 11 is 0. The number of carbonyl (C=O) groups excluding carboxylic acids is 2. The number of urea groups is 1. The van der Waals surface area contributed by atoms with Gasteiger partial charge in [0.2, 0.25) is 0 Å². The number of ether oxygens (including phenoxy) is 1. The van der Waals surface area contributed by atoms with Crippen molar-refractivity contribution in [1.29, 1.82) is 0 Å². The number of carbonyl (C=O) groups is 2. The molecule has 2 aromatic carbocycles. The topological polar surface area (TPSA) is 101 Å². The van der Waals surface area contributed by atoms with Gasteiger partial charge in [0, 0.05) is 28.6 Å². The Kier molecular flexibility index (Phi) is 6.06. The van der Waals surface area contributed by atoms with E-state index in [4.69, 9.17) is 4.74 Å². The van der Waals surface area contributed by atoms with Crippen LogP contribution < -0.4 is 10.6 Å². The van der Waals surface area contributed by atoms with E-state index in [1.807, 2.05) is 25.1 Å². The van der Waals surface area contributed by atoms with Gasteiger partial charge in [-0.05, 0) is 30.7 Å². The lowest BCUT2D eigenvalue weighted by Crippen LogP contribution is -2.19. The minimum absolute atomic E-state index is 0.00946. The van der Waals surface area contributed by atoms with Crippen molar-refractivity contribution < 1.29 is 19.4 Å². The summed E-state index contributed by atoms with van der Waals surface area (Å²) in [5.74, 6) is 0.00946. The molecule has 0 saturated heterocycles. The van der Waals surface area contributed by atoms with Crippen LogP contribution in [0.15, 0.2) is 54.7 Å². The molecule has 0 radical (unpaired) electrons. The van der Waals surface area contributed by atoms with Crippen molar-refractivity contribution in [3.05, 3.63) is 60.4 Å². The fourth-order valence-electron chi connectivity index (χ4n) is 2.92. The summed E-state index contributed by atoms with van der Waals surface area (Å²) in [5, 5.41) is 17.0. The highest BCUT2D eigenvalue weighted by molar-refractivity contribution is 6.02. The zero-order chi connectivity index (χ0) is 19.9. The van der Waals surface area contributed by atoms with Crippen LogP contribution in [0.1, 0.15) is 19.0 Å². The summed E-state index contributed by atoms with van der Waals surface area (Å²) in [7, 11) is 0. The largest absolute Gasteiger partial charge is 0.506 e. The van der Waals surface area contributed by atoms with E-state index in [0.717, 1.165) is 5.39 Å². The number of hydrogen-bond acceptors (Lipinski definition) is 5. The first-order valence-corrected chi connectivity index (χ1v) is 8.93. The number of hydrogen-bond donors (Lipinski definition) is 3. The van der Waals surface area contributed by atoms with Gasteiger partial charge in [-0.2, -0.15) is 0 Å². The standard InChI is InChI=1S/C21H21N3O4/c1-2-16(28-13-25)11-19-17-9-8-15(10-18(17)20(26)12-22-19)24-21(27)23-14-6-4-3-5-7-14/h3-10,12-13,16,26H,2,11H2,1H3,(H2,23,24,27). The van der Waals surface area contributed by atoms with Gasteiger partial charge >= 0.3 is 6.03 Å². The number of aromatic nitrogens is 1. The summed E-state index contributed by atoms with van der Waals surface area (Å²) in [6.07, 6.45) is 2.17. The first-order valence-electron chi connectivity index (χ1n) is 8.93. The van der Waals surface area contributed by atoms with E-state index in [9.17, 15) is 14.7 Å². The highest BCUT2D eigenvalue weighted by Gasteiger charge is 2.14. The maximum Gasteiger partial charge on any atom is 0.323 e. The minimum atomic E-state index is -0.384.